The molecule has 5 heteroatoms. The van der Waals surface area contributed by atoms with E-state index in [0.717, 1.165) is 11.3 Å². The lowest BCUT2D eigenvalue weighted by Crippen LogP contribution is -2.55. The molecule has 1 aromatic carbocycles. The molecule has 0 unspecified atom stereocenters. The molecular formula is C20H22O5. The van der Waals surface area contributed by atoms with Crippen LogP contribution in [0.25, 0.3) is 0 Å². The van der Waals surface area contributed by atoms with E-state index < -0.39 is 11.2 Å². The van der Waals surface area contributed by atoms with E-state index in [-0.39, 0.29) is 24.6 Å². The van der Waals surface area contributed by atoms with Crippen LogP contribution in [0, 0.1) is 11.3 Å². The third kappa shape index (κ3) is 2.06. The highest BCUT2D eigenvalue weighted by atomic mass is 16.7. The van der Waals surface area contributed by atoms with Crippen molar-refractivity contribution in [2.24, 2.45) is 11.3 Å². The topological polar surface area (TPSA) is 54.0 Å². The maximum atomic E-state index is 12.8. The van der Waals surface area contributed by atoms with Crippen molar-refractivity contribution in [3.05, 3.63) is 48.6 Å². The van der Waals surface area contributed by atoms with E-state index in [1.54, 1.807) is 13.2 Å². The van der Waals surface area contributed by atoms with E-state index >= 15 is 0 Å². The van der Waals surface area contributed by atoms with E-state index in [4.69, 9.17) is 18.9 Å². The number of hydrogen-bond donors (Lipinski definition) is 0. The van der Waals surface area contributed by atoms with Gasteiger partial charge in [-0.15, -0.1) is 6.58 Å². The molecular weight excluding hydrogens is 320 g/mol. The van der Waals surface area contributed by atoms with Gasteiger partial charge in [-0.05, 0) is 42.5 Å². The van der Waals surface area contributed by atoms with E-state index in [1.165, 1.54) is 0 Å². The summed E-state index contributed by atoms with van der Waals surface area (Å²) in [5.41, 5.74) is 0.481. The molecule has 25 heavy (non-hydrogen) atoms. The third-order valence-corrected chi connectivity index (χ3v) is 5.87. The molecule has 0 aromatic heterocycles. The fourth-order valence-corrected chi connectivity index (χ4v) is 4.56. The summed E-state index contributed by atoms with van der Waals surface area (Å²) in [6.07, 6.45) is 6.41. The molecule has 4 rings (SSSR count). The molecule has 1 aliphatic carbocycles. The Balaban J connectivity index is 1.80. The monoisotopic (exact) mass is 342 g/mol. The number of rotatable bonds is 4. The first kappa shape index (κ1) is 16.4. The quantitative estimate of drug-likeness (QED) is 0.783. The van der Waals surface area contributed by atoms with Crippen molar-refractivity contribution in [3.63, 3.8) is 0 Å². The summed E-state index contributed by atoms with van der Waals surface area (Å²) in [5.74, 6) is 0.0673. The van der Waals surface area contributed by atoms with Gasteiger partial charge in [-0.1, -0.05) is 25.1 Å². The molecule has 5 nitrogen and oxygen atoms in total. The van der Waals surface area contributed by atoms with Crippen molar-refractivity contribution in [3.8, 4) is 11.5 Å². The highest BCUT2D eigenvalue weighted by Crippen LogP contribution is 2.62. The van der Waals surface area contributed by atoms with Crippen LogP contribution in [0.2, 0.25) is 0 Å². The highest BCUT2D eigenvalue weighted by molar-refractivity contribution is 5.98. The molecule has 0 bridgehead atoms. The number of allylic oxidation sites excluding steroid dienone is 2. The molecule has 1 saturated heterocycles. The first-order valence-electron chi connectivity index (χ1n) is 8.52. The van der Waals surface area contributed by atoms with Crippen LogP contribution in [0.1, 0.15) is 31.4 Å². The van der Waals surface area contributed by atoms with E-state index in [0.29, 0.717) is 18.6 Å². The number of carbonyl (C=O) groups is 1. The lowest BCUT2D eigenvalue weighted by molar-refractivity contribution is -0.243. The predicted molar refractivity (Wildman–Crippen MR) is 91.3 cm³/mol. The zero-order valence-electron chi connectivity index (χ0n) is 14.5. The van der Waals surface area contributed by atoms with Crippen molar-refractivity contribution in [2.45, 2.75) is 31.7 Å². The van der Waals surface area contributed by atoms with Crippen LogP contribution in [0.4, 0.5) is 0 Å². The molecule has 0 N–H and O–H groups in total. The minimum atomic E-state index is -1.28. The maximum Gasteiger partial charge on any atom is 0.240 e. The van der Waals surface area contributed by atoms with Crippen LogP contribution < -0.4 is 9.47 Å². The first-order chi connectivity index (χ1) is 12.1. The Hall–Kier alpha value is -2.11. The molecule has 4 atom stereocenters. The molecule has 1 fully saturated rings. The molecule has 2 aliphatic heterocycles. The van der Waals surface area contributed by atoms with Gasteiger partial charge in [0.05, 0.1) is 6.10 Å². The molecule has 0 saturated carbocycles. The van der Waals surface area contributed by atoms with Gasteiger partial charge in [0.15, 0.2) is 11.5 Å². The number of hydrogen-bond acceptors (Lipinski definition) is 5. The van der Waals surface area contributed by atoms with Gasteiger partial charge in [-0.3, -0.25) is 4.79 Å². The number of benzene rings is 1. The van der Waals surface area contributed by atoms with Crippen molar-refractivity contribution >= 4 is 5.78 Å². The Labute approximate surface area is 147 Å². The summed E-state index contributed by atoms with van der Waals surface area (Å²) in [4.78, 5) is 12.8. The largest absolute Gasteiger partial charge is 0.454 e. The molecule has 132 valence electrons. The van der Waals surface area contributed by atoms with E-state index in [1.807, 2.05) is 30.4 Å². The van der Waals surface area contributed by atoms with Gasteiger partial charge in [0.1, 0.15) is 0 Å². The van der Waals surface area contributed by atoms with Crippen LogP contribution in [0.3, 0.4) is 0 Å². The summed E-state index contributed by atoms with van der Waals surface area (Å²) in [5, 5.41) is 0. The Morgan fingerprint density at radius 3 is 2.92 bits per heavy atom. The van der Waals surface area contributed by atoms with Crippen LogP contribution in [0.5, 0.6) is 11.5 Å². The third-order valence-electron chi connectivity index (χ3n) is 5.87. The Morgan fingerprint density at radius 1 is 1.36 bits per heavy atom. The molecule has 2 heterocycles. The fraction of sp³-hybridized carbons (Fsp3) is 0.450. The van der Waals surface area contributed by atoms with Gasteiger partial charge in [-0.2, -0.15) is 0 Å². The number of carbonyl (C=O) groups excluding carboxylic acids is 1. The zero-order valence-corrected chi connectivity index (χ0v) is 14.5. The fourth-order valence-electron chi connectivity index (χ4n) is 4.56. The Bertz CT molecular complexity index is 754. The molecule has 3 aliphatic rings. The van der Waals surface area contributed by atoms with Crippen LogP contribution in [0.15, 0.2) is 43.0 Å². The van der Waals surface area contributed by atoms with Crippen molar-refractivity contribution in [1.29, 1.82) is 0 Å². The average Bonchev–Trinajstić information content (AvgIpc) is 3.18. The van der Waals surface area contributed by atoms with Crippen molar-refractivity contribution < 1.29 is 23.7 Å². The molecule has 0 spiro atoms. The first-order valence-corrected chi connectivity index (χ1v) is 8.52. The van der Waals surface area contributed by atoms with Gasteiger partial charge < -0.3 is 18.9 Å². The number of fused-ring (bicyclic) bond motifs is 2. The maximum absolute atomic E-state index is 12.8. The SMILES string of the molecule is C=CC[C@@]12CC=CC(=O)[C@]1(OC)O[C@H](c1ccc3c(c1)OCO3)[C@@H]2C. The highest BCUT2D eigenvalue weighted by Gasteiger charge is 2.67. The minimum Gasteiger partial charge on any atom is -0.454 e. The minimum absolute atomic E-state index is 0.0553. The summed E-state index contributed by atoms with van der Waals surface area (Å²) in [6.45, 7) is 6.24. The van der Waals surface area contributed by atoms with Gasteiger partial charge in [0.25, 0.3) is 0 Å². The number of ether oxygens (including phenoxy) is 4. The Kier molecular flexibility index (Phi) is 3.74. The standard InChI is InChI=1S/C20H22O5/c1-4-9-19-10-5-6-17(21)20(19,22-3)25-18(13(19)2)14-7-8-15-16(11-14)24-12-23-15/h4-8,11,13,18H,1,9-10,12H2,2-3H3/t13-,18-,19-,20-/m0/s1. The van der Waals surface area contributed by atoms with Gasteiger partial charge in [0, 0.05) is 12.5 Å². The smallest absolute Gasteiger partial charge is 0.240 e. The summed E-state index contributed by atoms with van der Waals surface area (Å²) < 4.78 is 23.0. The number of methoxy groups -OCH3 is 1. The van der Waals surface area contributed by atoms with E-state index in [9.17, 15) is 4.79 Å². The average molecular weight is 342 g/mol. The second kappa shape index (κ2) is 5.71. The van der Waals surface area contributed by atoms with Crippen LogP contribution in [-0.2, 0) is 14.3 Å². The number of ketones is 1. The Morgan fingerprint density at radius 2 is 2.16 bits per heavy atom. The second-order valence-corrected chi connectivity index (χ2v) is 6.88. The van der Waals surface area contributed by atoms with Crippen molar-refractivity contribution in [1.82, 2.24) is 0 Å². The van der Waals surface area contributed by atoms with Gasteiger partial charge in [-0.25, -0.2) is 0 Å². The van der Waals surface area contributed by atoms with Gasteiger partial charge >= 0.3 is 0 Å². The molecule has 0 radical (unpaired) electrons. The predicted octanol–water partition coefficient (Wildman–Crippen LogP) is 3.56. The zero-order chi connectivity index (χ0) is 17.7. The van der Waals surface area contributed by atoms with Crippen LogP contribution in [-0.4, -0.2) is 25.5 Å². The lowest BCUT2D eigenvalue weighted by atomic mass is 9.62. The van der Waals surface area contributed by atoms with Crippen molar-refractivity contribution in [2.75, 3.05) is 13.9 Å². The molecule has 0 amide bonds. The molecule has 1 aromatic rings. The lowest BCUT2D eigenvalue weighted by Gasteiger charge is -2.44. The normalized spacial score (nSPS) is 35.7. The second-order valence-electron chi connectivity index (χ2n) is 6.88. The van der Waals surface area contributed by atoms with E-state index in [2.05, 4.69) is 13.5 Å². The summed E-state index contributed by atoms with van der Waals surface area (Å²) >= 11 is 0. The summed E-state index contributed by atoms with van der Waals surface area (Å²) in [6, 6.07) is 5.79. The van der Waals surface area contributed by atoms with Crippen LogP contribution >= 0.6 is 0 Å². The van der Waals surface area contributed by atoms with Gasteiger partial charge in [0.2, 0.25) is 18.4 Å². The summed E-state index contributed by atoms with van der Waals surface area (Å²) in [7, 11) is 1.55.